The van der Waals surface area contributed by atoms with Gasteiger partial charge in [-0.3, -0.25) is 9.59 Å². The van der Waals surface area contributed by atoms with Crippen LogP contribution in [-0.4, -0.2) is 29.2 Å². The number of halogens is 1. The van der Waals surface area contributed by atoms with Crippen LogP contribution < -0.4 is 4.74 Å². The van der Waals surface area contributed by atoms with Gasteiger partial charge in [-0.25, -0.2) is 4.79 Å². The van der Waals surface area contributed by atoms with Gasteiger partial charge in [0.2, 0.25) is 0 Å². The molecule has 2 aromatic carbocycles. The monoisotopic (exact) mass is 342 g/mol. The van der Waals surface area contributed by atoms with Crippen LogP contribution in [0.1, 0.15) is 26.3 Å². The summed E-state index contributed by atoms with van der Waals surface area (Å²) in [6.07, 6.45) is 1.47. The molecular weight excluding hydrogens is 332 g/mol. The van der Waals surface area contributed by atoms with E-state index in [0.717, 1.165) is 0 Å². The van der Waals surface area contributed by atoms with E-state index in [-0.39, 0.29) is 27.9 Å². The van der Waals surface area contributed by atoms with E-state index >= 15 is 0 Å². The van der Waals surface area contributed by atoms with Crippen LogP contribution in [0.5, 0.6) is 5.75 Å². The summed E-state index contributed by atoms with van der Waals surface area (Å²) in [6, 6.07) is 11.2. The Morgan fingerprint density at radius 2 is 1.71 bits per heavy atom. The normalized spacial score (nSPS) is 13.0. The average Bonchev–Trinajstić information content (AvgIpc) is 2.79. The lowest BCUT2D eigenvalue weighted by Gasteiger charge is -2.06. The summed E-state index contributed by atoms with van der Waals surface area (Å²) in [5.74, 6) is -1.54. The van der Waals surface area contributed by atoms with Crippen molar-refractivity contribution in [3.8, 4) is 5.75 Å². The molecule has 0 saturated heterocycles. The summed E-state index contributed by atoms with van der Waals surface area (Å²) in [7, 11) is 0. The fourth-order valence-corrected chi connectivity index (χ4v) is 2.68. The molecule has 5 nitrogen and oxygen atoms in total. The van der Waals surface area contributed by atoms with Gasteiger partial charge >= 0.3 is 5.97 Å². The van der Waals surface area contributed by atoms with Crippen LogP contribution >= 0.6 is 11.6 Å². The van der Waals surface area contributed by atoms with Crippen molar-refractivity contribution in [3.05, 3.63) is 69.8 Å². The first-order valence-electron chi connectivity index (χ1n) is 7.01. The number of hydrogen-bond donors (Lipinski definition) is 1. The molecular formula is C18H11ClO5. The van der Waals surface area contributed by atoms with E-state index in [1.54, 1.807) is 30.3 Å². The molecule has 0 spiro atoms. The summed E-state index contributed by atoms with van der Waals surface area (Å²) in [4.78, 5) is 35.2. The zero-order chi connectivity index (χ0) is 17.3. The summed E-state index contributed by atoms with van der Waals surface area (Å²) >= 11 is 6.04. The average molecular weight is 343 g/mol. The molecule has 0 fully saturated rings. The van der Waals surface area contributed by atoms with Crippen molar-refractivity contribution in [1.82, 2.24) is 0 Å². The lowest BCUT2D eigenvalue weighted by molar-refractivity contribution is -0.139. The molecule has 0 aromatic heterocycles. The summed E-state index contributed by atoms with van der Waals surface area (Å²) in [6.45, 7) is -0.508. The first kappa shape index (κ1) is 16.0. The van der Waals surface area contributed by atoms with Crippen molar-refractivity contribution in [2.75, 3.05) is 6.61 Å². The maximum absolute atomic E-state index is 12.3. The summed E-state index contributed by atoms with van der Waals surface area (Å²) < 4.78 is 5.03. The standard InChI is InChI=1S/C18H11ClO5/c19-14-8-10(5-6-15(14)24-9-16(20)21)7-13-17(22)11-3-1-2-4-12(11)18(13)23/h1-8H,9H2,(H,20,21). The Balaban J connectivity index is 1.90. The molecule has 0 heterocycles. The lowest BCUT2D eigenvalue weighted by atomic mass is 10.1. The van der Waals surface area contributed by atoms with Gasteiger partial charge in [-0.1, -0.05) is 41.9 Å². The summed E-state index contributed by atoms with van der Waals surface area (Å²) in [5.41, 5.74) is 1.40. The molecule has 2 aromatic rings. The van der Waals surface area contributed by atoms with Gasteiger partial charge < -0.3 is 9.84 Å². The number of ketones is 2. The van der Waals surface area contributed by atoms with Crippen LogP contribution in [0.2, 0.25) is 5.02 Å². The number of ether oxygens (including phenoxy) is 1. The number of Topliss-reactive ketones (excluding diaryl/α,β-unsaturated/α-hetero) is 2. The van der Waals surface area contributed by atoms with Crippen molar-refractivity contribution in [1.29, 1.82) is 0 Å². The Hall–Kier alpha value is -2.92. The molecule has 120 valence electrons. The van der Waals surface area contributed by atoms with Gasteiger partial charge in [0.1, 0.15) is 5.75 Å². The van der Waals surface area contributed by atoms with E-state index in [1.165, 1.54) is 18.2 Å². The van der Waals surface area contributed by atoms with E-state index in [0.29, 0.717) is 16.7 Å². The van der Waals surface area contributed by atoms with Gasteiger partial charge in [-0.2, -0.15) is 0 Å². The fourth-order valence-electron chi connectivity index (χ4n) is 2.43. The maximum atomic E-state index is 12.3. The van der Waals surface area contributed by atoms with Crippen molar-refractivity contribution in [3.63, 3.8) is 0 Å². The van der Waals surface area contributed by atoms with Gasteiger partial charge in [-0.05, 0) is 23.8 Å². The van der Waals surface area contributed by atoms with Crippen molar-refractivity contribution >= 4 is 35.2 Å². The van der Waals surface area contributed by atoms with Gasteiger partial charge in [0, 0.05) is 11.1 Å². The predicted molar refractivity (Wildman–Crippen MR) is 87.7 cm³/mol. The smallest absolute Gasteiger partial charge is 0.341 e. The second-order valence-corrected chi connectivity index (χ2v) is 5.54. The maximum Gasteiger partial charge on any atom is 0.341 e. The minimum Gasteiger partial charge on any atom is -0.480 e. The van der Waals surface area contributed by atoms with Crippen LogP contribution in [0, 0.1) is 0 Å². The van der Waals surface area contributed by atoms with Crippen molar-refractivity contribution in [2.24, 2.45) is 0 Å². The molecule has 3 rings (SSSR count). The highest BCUT2D eigenvalue weighted by molar-refractivity contribution is 6.41. The molecule has 1 aliphatic rings. The van der Waals surface area contributed by atoms with E-state index in [9.17, 15) is 14.4 Å². The third kappa shape index (κ3) is 2.94. The Morgan fingerprint density at radius 3 is 2.25 bits per heavy atom. The second kappa shape index (κ2) is 6.29. The number of carbonyl (C=O) groups is 3. The van der Waals surface area contributed by atoms with Crippen LogP contribution in [0.15, 0.2) is 48.0 Å². The number of rotatable bonds is 4. The van der Waals surface area contributed by atoms with Crippen molar-refractivity contribution < 1.29 is 24.2 Å². The molecule has 0 saturated carbocycles. The van der Waals surface area contributed by atoms with Gasteiger partial charge in [0.15, 0.2) is 18.2 Å². The van der Waals surface area contributed by atoms with E-state index < -0.39 is 12.6 Å². The van der Waals surface area contributed by atoms with Gasteiger partial charge in [0.25, 0.3) is 0 Å². The Bertz CT molecular complexity index is 861. The van der Waals surface area contributed by atoms with Crippen LogP contribution in [0.3, 0.4) is 0 Å². The second-order valence-electron chi connectivity index (χ2n) is 5.13. The predicted octanol–water partition coefficient (Wildman–Crippen LogP) is 3.27. The van der Waals surface area contributed by atoms with Gasteiger partial charge in [-0.15, -0.1) is 0 Å². The van der Waals surface area contributed by atoms with E-state index in [4.69, 9.17) is 21.4 Å². The minimum absolute atomic E-state index is 0.0754. The molecule has 24 heavy (non-hydrogen) atoms. The number of fused-ring (bicyclic) bond motifs is 1. The molecule has 0 amide bonds. The number of hydrogen-bond acceptors (Lipinski definition) is 4. The molecule has 1 N–H and O–H groups in total. The number of benzene rings is 2. The fraction of sp³-hybridized carbons (Fsp3) is 0.0556. The highest BCUT2D eigenvalue weighted by Crippen LogP contribution is 2.30. The van der Waals surface area contributed by atoms with E-state index in [2.05, 4.69) is 0 Å². The quantitative estimate of drug-likeness (QED) is 0.681. The minimum atomic E-state index is -1.11. The first-order valence-corrected chi connectivity index (χ1v) is 7.39. The highest BCUT2D eigenvalue weighted by Gasteiger charge is 2.32. The summed E-state index contributed by atoms with van der Waals surface area (Å²) in [5, 5.41) is 8.80. The Labute approximate surface area is 142 Å². The molecule has 1 aliphatic carbocycles. The highest BCUT2D eigenvalue weighted by atomic mass is 35.5. The lowest BCUT2D eigenvalue weighted by Crippen LogP contribution is -2.09. The zero-order valence-electron chi connectivity index (χ0n) is 12.3. The number of carbonyl (C=O) groups excluding carboxylic acids is 2. The van der Waals surface area contributed by atoms with E-state index in [1.807, 2.05) is 0 Å². The van der Waals surface area contributed by atoms with Crippen LogP contribution in [0.25, 0.3) is 6.08 Å². The first-order chi connectivity index (χ1) is 11.5. The number of carboxylic acids is 1. The molecule has 0 bridgehead atoms. The number of carboxylic acid groups (broad SMARTS) is 1. The molecule has 0 atom stereocenters. The van der Waals surface area contributed by atoms with Crippen molar-refractivity contribution in [2.45, 2.75) is 0 Å². The third-order valence-corrected chi connectivity index (χ3v) is 3.82. The van der Waals surface area contributed by atoms with Crippen LogP contribution in [-0.2, 0) is 4.79 Å². The topological polar surface area (TPSA) is 80.7 Å². The van der Waals surface area contributed by atoms with Gasteiger partial charge in [0.05, 0.1) is 10.6 Å². The molecule has 0 radical (unpaired) electrons. The Kier molecular flexibility index (Phi) is 4.18. The number of allylic oxidation sites excluding steroid dienone is 1. The van der Waals surface area contributed by atoms with Crippen LogP contribution in [0.4, 0.5) is 0 Å². The third-order valence-electron chi connectivity index (χ3n) is 3.52. The largest absolute Gasteiger partial charge is 0.480 e. The molecule has 0 aliphatic heterocycles. The Morgan fingerprint density at radius 1 is 1.08 bits per heavy atom. The molecule has 6 heteroatoms. The SMILES string of the molecule is O=C(O)COc1ccc(C=C2C(=O)c3ccccc3C2=O)cc1Cl. The zero-order valence-corrected chi connectivity index (χ0v) is 13.0. The number of aliphatic carboxylic acids is 1. The molecule has 0 unspecified atom stereocenters.